The smallest absolute Gasteiger partial charge is 0.261 e. The maximum Gasteiger partial charge on any atom is 0.261 e. The van der Waals surface area contributed by atoms with Crippen LogP contribution in [-0.2, 0) is 4.74 Å². The van der Waals surface area contributed by atoms with Crippen LogP contribution in [0.5, 0.6) is 11.5 Å². The van der Waals surface area contributed by atoms with Gasteiger partial charge in [0.05, 0.1) is 20.8 Å². The summed E-state index contributed by atoms with van der Waals surface area (Å²) in [5.74, 6) is 1.04. The van der Waals surface area contributed by atoms with Gasteiger partial charge >= 0.3 is 0 Å². The van der Waals surface area contributed by atoms with Crippen LogP contribution in [0.1, 0.15) is 24.2 Å². The van der Waals surface area contributed by atoms with Crippen molar-refractivity contribution in [1.82, 2.24) is 9.80 Å². The Labute approximate surface area is 144 Å². The Kier molecular flexibility index (Phi) is 6.45. The summed E-state index contributed by atoms with van der Waals surface area (Å²) in [7, 11) is 4.85. The van der Waals surface area contributed by atoms with Crippen molar-refractivity contribution in [3.8, 4) is 11.5 Å². The monoisotopic (exact) mass is 336 g/mol. The van der Waals surface area contributed by atoms with E-state index in [1.54, 1.807) is 33.5 Å². The van der Waals surface area contributed by atoms with Crippen LogP contribution in [-0.4, -0.2) is 75.4 Å². The zero-order valence-electron chi connectivity index (χ0n) is 15.2. The number of nitrogens with zero attached hydrogens (tertiary/aromatic N) is 2. The Balaban J connectivity index is 2.20. The van der Waals surface area contributed by atoms with Crippen LogP contribution < -0.4 is 9.47 Å². The fraction of sp³-hybridized carbons (Fsp3) is 0.611. The summed E-state index contributed by atoms with van der Waals surface area (Å²) in [5.41, 5.74) is 0.493. The molecule has 1 saturated heterocycles. The Morgan fingerprint density at radius 3 is 2.08 bits per heavy atom. The van der Waals surface area contributed by atoms with E-state index >= 15 is 0 Å². The van der Waals surface area contributed by atoms with Crippen LogP contribution in [0.2, 0.25) is 0 Å². The van der Waals surface area contributed by atoms with Gasteiger partial charge in [-0.15, -0.1) is 0 Å². The van der Waals surface area contributed by atoms with Crippen LogP contribution in [0.4, 0.5) is 0 Å². The maximum absolute atomic E-state index is 13.1. The minimum absolute atomic E-state index is 0.0469. The molecule has 1 amide bonds. The molecule has 2 atom stereocenters. The largest absolute Gasteiger partial charge is 0.496 e. The first-order chi connectivity index (χ1) is 11.5. The number of carbonyl (C=O) groups is 1. The van der Waals surface area contributed by atoms with Crippen molar-refractivity contribution in [2.45, 2.75) is 25.9 Å². The van der Waals surface area contributed by atoms with Gasteiger partial charge < -0.3 is 19.1 Å². The predicted molar refractivity (Wildman–Crippen MR) is 93.0 cm³/mol. The minimum atomic E-state index is -0.0469. The molecule has 2 unspecified atom stereocenters. The highest BCUT2D eigenvalue weighted by molar-refractivity contribution is 5.99. The summed E-state index contributed by atoms with van der Waals surface area (Å²) < 4.78 is 15.9. The highest BCUT2D eigenvalue weighted by Crippen LogP contribution is 2.30. The minimum Gasteiger partial charge on any atom is -0.496 e. The van der Waals surface area contributed by atoms with E-state index in [1.807, 2.05) is 11.0 Å². The first-order valence-corrected chi connectivity index (χ1v) is 8.28. The third-order valence-corrected chi connectivity index (χ3v) is 4.58. The van der Waals surface area contributed by atoms with E-state index in [-0.39, 0.29) is 18.0 Å². The predicted octanol–water partition coefficient (Wildman–Crippen LogP) is 1.88. The summed E-state index contributed by atoms with van der Waals surface area (Å²) in [6.45, 7) is 7.21. The topological polar surface area (TPSA) is 51.2 Å². The molecule has 6 heteroatoms. The summed E-state index contributed by atoms with van der Waals surface area (Å²) in [4.78, 5) is 17.4. The van der Waals surface area contributed by atoms with Gasteiger partial charge in [-0.05, 0) is 26.0 Å². The molecule has 0 spiro atoms. The molecule has 0 aliphatic carbocycles. The number of piperazine rings is 1. The van der Waals surface area contributed by atoms with E-state index in [4.69, 9.17) is 14.2 Å². The molecule has 1 aromatic rings. The third-order valence-electron chi connectivity index (χ3n) is 4.58. The van der Waals surface area contributed by atoms with Crippen LogP contribution in [0.3, 0.4) is 0 Å². The van der Waals surface area contributed by atoms with Crippen molar-refractivity contribution in [3.05, 3.63) is 23.8 Å². The fourth-order valence-electron chi connectivity index (χ4n) is 3.38. The van der Waals surface area contributed by atoms with Gasteiger partial charge in [-0.2, -0.15) is 0 Å². The Morgan fingerprint density at radius 1 is 1.08 bits per heavy atom. The molecule has 0 bridgehead atoms. The molecule has 1 fully saturated rings. The number of ether oxygens (including phenoxy) is 3. The summed E-state index contributed by atoms with van der Waals surface area (Å²) in [6, 6.07) is 5.94. The molecule has 1 aromatic carbocycles. The molecule has 2 rings (SSSR count). The molecular formula is C18H28N2O4. The molecule has 134 valence electrons. The average Bonchev–Trinajstić information content (AvgIpc) is 2.59. The van der Waals surface area contributed by atoms with Gasteiger partial charge in [0.2, 0.25) is 0 Å². The second-order valence-corrected chi connectivity index (χ2v) is 6.18. The van der Waals surface area contributed by atoms with Gasteiger partial charge in [-0.3, -0.25) is 9.69 Å². The molecule has 0 N–H and O–H groups in total. The van der Waals surface area contributed by atoms with Crippen molar-refractivity contribution >= 4 is 5.91 Å². The quantitative estimate of drug-likeness (QED) is 0.794. The van der Waals surface area contributed by atoms with Crippen molar-refractivity contribution in [3.63, 3.8) is 0 Å². The van der Waals surface area contributed by atoms with Crippen molar-refractivity contribution in [2.24, 2.45) is 0 Å². The van der Waals surface area contributed by atoms with E-state index in [2.05, 4.69) is 18.7 Å². The van der Waals surface area contributed by atoms with Crippen LogP contribution in [0.25, 0.3) is 0 Å². The number of carbonyl (C=O) groups excluding carboxylic acids is 1. The Morgan fingerprint density at radius 2 is 1.62 bits per heavy atom. The highest BCUT2D eigenvalue weighted by Gasteiger charge is 2.33. The molecule has 0 saturated carbocycles. The zero-order chi connectivity index (χ0) is 17.7. The standard InChI is InChI=1S/C18H28N2O4/c1-13-11-19(12-14(2)20(13)9-10-22-3)18(21)17-15(23-4)7-6-8-16(17)24-5/h6-8,13-14H,9-12H2,1-5H3. The molecule has 24 heavy (non-hydrogen) atoms. The van der Waals surface area contributed by atoms with Gasteiger partial charge in [0.1, 0.15) is 17.1 Å². The second kappa shape index (κ2) is 8.35. The van der Waals surface area contributed by atoms with E-state index in [9.17, 15) is 4.79 Å². The SMILES string of the molecule is COCCN1C(C)CN(C(=O)c2c(OC)cccc2OC)CC1C. The lowest BCUT2D eigenvalue weighted by atomic mass is 10.1. The molecule has 1 aliphatic rings. The average molecular weight is 336 g/mol. The molecule has 0 radical (unpaired) electrons. The molecule has 1 aliphatic heterocycles. The van der Waals surface area contributed by atoms with Gasteiger partial charge in [-0.25, -0.2) is 0 Å². The number of benzene rings is 1. The van der Waals surface area contributed by atoms with Gasteiger partial charge in [0, 0.05) is 38.8 Å². The molecular weight excluding hydrogens is 308 g/mol. The second-order valence-electron chi connectivity index (χ2n) is 6.18. The number of hydrogen-bond donors (Lipinski definition) is 0. The molecule has 6 nitrogen and oxygen atoms in total. The van der Waals surface area contributed by atoms with Crippen molar-refractivity contribution < 1.29 is 19.0 Å². The molecule has 1 heterocycles. The van der Waals surface area contributed by atoms with E-state index in [0.29, 0.717) is 36.8 Å². The van der Waals surface area contributed by atoms with Gasteiger partial charge in [0.15, 0.2) is 0 Å². The summed E-state index contributed by atoms with van der Waals surface area (Å²) in [6.07, 6.45) is 0. The summed E-state index contributed by atoms with van der Waals surface area (Å²) in [5, 5.41) is 0. The maximum atomic E-state index is 13.1. The third kappa shape index (κ3) is 3.82. The van der Waals surface area contributed by atoms with E-state index in [0.717, 1.165) is 6.54 Å². The Bertz CT molecular complexity index is 530. The summed E-state index contributed by atoms with van der Waals surface area (Å²) >= 11 is 0. The number of hydrogen-bond acceptors (Lipinski definition) is 5. The molecule has 0 aromatic heterocycles. The number of rotatable bonds is 6. The van der Waals surface area contributed by atoms with Crippen LogP contribution >= 0.6 is 0 Å². The van der Waals surface area contributed by atoms with Gasteiger partial charge in [-0.1, -0.05) is 6.07 Å². The van der Waals surface area contributed by atoms with Crippen molar-refractivity contribution in [2.75, 3.05) is 47.6 Å². The van der Waals surface area contributed by atoms with Crippen LogP contribution in [0, 0.1) is 0 Å². The van der Waals surface area contributed by atoms with Crippen molar-refractivity contribution in [1.29, 1.82) is 0 Å². The lowest BCUT2D eigenvalue weighted by molar-refractivity contribution is 0.0190. The van der Waals surface area contributed by atoms with E-state index in [1.165, 1.54) is 0 Å². The van der Waals surface area contributed by atoms with Gasteiger partial charge in [0.25, 0.3) is 5.91 Å². The zero-order valence-corrected chi connectivity index (χ0v) is 15.2. The van der Waals surface area contributed by atoms with Crippen LogP contribution in [0.15, 0.2) is 18.2 Å². The lowest BCUT2D eigenvalue weighted by Gasteiger charge is -2.44. The lowest BCUT2D eigenvalue weighted by Crippen LogP contribution is -2.58. The fourth-order valence-corrected chi connectivity index (χ4v) is 3.38. The highest BCUT2D eigenvalue weighted by atomic mass is 16.5. The normalized spacial score (nSPS) is 21.6. The first-order valence-electron chi connectivity index (χ1n) is 8.28. The van der Waals surface area contributed by atoms with E-state index < -0.39 is 0 Å². The number of amides is 1. The first kappa shape index (κ1) is 18.5. The number of methoxy groups -OCH3 is 3. The Hall–Kier alpha value is -1.79.